The van der Waals surface area contributed by atoms with Gasteiger partial charge in [0, 0.05) is 16.0 Å². The van der Waals surface area contributed by atoms with Crippen LogP contribution in [0, 0.1) is 5.41 Å². The topological polar surface area (TPSA) is 23.6 Å². The second-order valence-corrected chi connectivity index (χ2v) is 8.36. The Labute approximate surface area is 164 Å². The van der Waals surface area contributed by atoms with Crippen molar-refractivity contribution in [3.8, 4) is 0 Å². The standard InChI is InChI=1S/C21H22Cl2N2O/c1-14-13-24(20(26)21(2,3)4)25(18-8-6-5-7-17(18)23)19(14)15-9-11-16(22)12-10-15/h5-12H,13H2,1-4H3. The summed E-state index contributed by atoms with van der Waals surface area (Å²) in [7, 11) is 0. The summed E-state index contributed by atoms with van der Waals surface area (Å²) in [5.74, 6) is 0.0423. The molecule has 1 heterocycles. The van der Waals surface area contributed by atoms with Gasteiger partial charge in [-0.25, -0.2) is 10.0 Å². The zero-order valence-corrected chi connectivity index (χ0v) is 16.9. The Morgan fingerprint density at radius 1 is 1.00 bits per heavy atom. The fraction of sp³-hybridized carbons (Fsp3) is 0.286. The van der Waals surface area contributed by atoms with Gasteiger partial charge in [-0.3, -0.25) is 4.79 Å². The van der Waals surface area contributed by atoms with Crippen LogP contribution in [0.15, 0.2) is 54.1 Å². The van der Waals surface area contributed by atoms with E-state index in [1.807, 2.05) is 81.2 Å². The Morgan fingerprint density at radius 2 is 1.62 bits per heavy atom. The molecule has 3 nitrogen and oxygen atoms in total. The van der Waals surface area contributed by atoms with Gasteiger partial charge in [0.25, 0.3) is 0 Å². The van der Waals surface area contributed by atoms with Crippen molar-refractivity contribution in [2.45, 2.75) is 27.7 Å². The van der Waals surface area contributed by atoms with E-state index in [2.05, 4.69) is 0 Å². The number of hydrogen-bond donors (Lipinski definition) is 0. The molecule has 0 saturated carbocycles. The Bertz CT molecular complexity index is 866. The lowest BCUT2D eigenvalue weighted by molar-refractivity contribution is -0.138. The predicted octanol–water partition coefficient (Wildman–Crippen LogP) is 6.03. The van der Waals surface area contributed by atoms with Crippen molar-refractivity contribution in [2.24, 2.45) is 5.41 Å². The van der Waals surface area contributed by atoms with E-state index in [-0.39, 0.29) is 5.91 Å². The highest BCUT2D eigenvalue weighted by Gasteiger charge is 2.38. The minimum atomic E-state index is -0.505. The highest BCUT2D eigenvalue weighted by Crippen LogP contribution is 2.40. The summed E-state index contributed by atoms with van der Waals surface area (Å²) in [5.41, 5.74) is 3.34. The fourth-order valence-electron chi connectivity index (χ4n) is 3.07. The molecule has 5 heteroatoms. The summed E-state index contributed by atoms with van der Waals surface area (Å²) in [4.78, 5) is 13.1. The molecule has 1 aliphatic rings. The minimum absolute atomic E-state index is 0.0423. The van der Waals surface area contributed by atoms with Gasteiger partial charge in [0.1, 0.15) is 0 Å². The van der Waals surface area contributed by atoms with E-state index in [9.17, 15) is 4.79 Å². The number of hydrogen-bond acceptors (Lipinski definition) is 2. The van der Waals surface area contributed by atoms with Gasteiger partial charge in [0.05, 0.1) is 23.0 Å². The quantitative estimate of drug-likeness (QED) is 0.626. The average molecular weight is 389 g/mol. The van der Waals surface area contributed by atoms with Crippen molar-refractivity contribution >= 4 is 40.5 Å². The number of hydrazine groups is 1. The van der Waals surface area contributed by atoms with E-state index in [0.717, 1.165) is 22.5 Å². The summed E-state index contributed by atoms with van der Waals surface area (Å²) in [6.45, 7) is 8.35. The van der Waals surface area contributed by atoms with Gasteiger partial charge in [0.2, 0.25) is 5.91 Å². The molecule has 136 valence electrons. The number of anilines is 1. The van der Waals surface area contributed by atoms with Crippen LogP contribution < -0.4 is 5.01 Å². The maximum Gasteiger partial charge on any atom is 0.247 e. The van der Waals surface area contributed by atoms with Gasteiger partial charge in [-0.1, -0.05) is 68.2 Å². The first-order valence-electron chi connectivity index (χ1n) is 8.52. The Morgan fingerprint density at radius 3 is 2.19 bits per heavy atom. The van der Waals surface area contributed by atoms with Crippen molar-refractivity contribution in [1.82, 2.24) is 5.01 Å². The largest absolute Gasteiger partial charge is 0.272 e. The van der Waals surface area contributed by atoms with Crippen LogP contribution in [-0.4, -0.2) is 17.5 Å². The van der Waals surface area contributed by atoms with Gasteiger partial charge in [-0.15, -0.1) is 0 Å². The van der Waals surface area contributed by atoms with E-state index in [1.54, 1.807) is 5.01 Å². The first-order chi connectivity index (χ1) is 12.2. The second kappa shape index (κ2) is 6.98. The monoisotopic (exact) mass is 388 g/mol. The van der Waals surface area contributed by atoms with Crippen molar-refractivity contribution in [3.63, 3.8) is 0 Å². The SMILES string of the molecule is CC1=C(c2ccc(Cl)cc2)N(c2ccccc2Cl)N(C(=O)C(C)(C)C)C1. The predicted molar refractivity (Wildman–Crippen MR) is 109 cm³/mol. The number of para-hydroxylation sites is 1. The van der Waals surface area contributed by atoms with Crippen LogP contribution in [-0.2, 0) is 4.79 Å². The second-order valence-electron chi connectivity index (χ2n) is 7.51. The van der Waals surface area contributed by atoms with Gasteiger partial charge in [-0.2, -0.15) is 0 Å². The summed E-state index contributed by atoms with van der Waals surface area (Å²) >= 11 is 12.5. The lowest BCUT2D eigenvalue weighted by atomic mass is 9.95. The van der Waals surface area contributed by atoms with Gasteiger partial charge in [-0.05, 0) is 36.8 Å². The van der Waals surface area contributed by atoms with E-state index < -0.39 is 5.41 Å². The molecular formula is C21H22Cl2N2O. The van der Waals surface area contributed by atoms with Crippen LogP contribution in [0.2, 0.25) is 10.0 Å². The number of carbonyl (C=O) groups is 1. The molecule has 26 heavy (non-hydrogen) atoms. The number of halogens is 2. The molecule has 0 spiro atoms. The number of amides is 1. The Hall–Kier alpha value is -1.97. The molecule has 1 amide bonds. The normalized spacial score (nSPS) is 15.0. The molecule has 2 aromatic carbocycles. The van der Waals surface area contributed by atoms with Crippen LogP contribution in [0.25, 0.3) is 5.70 Å². The van der Waals surface area contributed by atoms with Crippen molar-refractivity contribution in [3.05, 3.63) is 69.7 Å². The molecule has 0 aliphatic carbocycles. The Balaban J connectivity index is 2.15. The molecule has 3 rings (SSSR count). The zero-order chi connectivity index (χ0) is 19.1. The number of rotatable bonds is 2. The molecule has 0 saturated heterocycles. The fourth-order valence-corrected chi connectivity index (χ4v) is 3.41. The van der Waals surface area contributed by atoms with E-state index in [4.69, 9.17) is 23.2 Å². The first-order valence-corrected chi connectivity index (χ1v) is 9.28. The molecule has 0 radical (unpaired) electrons. The number of carbonyl (C=O) groups excluding carboxylic acids is 1. The maximum atomic E-state index is 13.1. The van der Waals surface area contributed by atoms with E-state index in [1.165, 1.54) is 0 Å². The highest BCUT2D eigenvalue weighted by atomic mass is 35.5. The van der Waals surface area contributed by atoms with Crippen LogP contribution in [0.1, 0.15) is 33.3 Å². The Kier molecular flexibility index (Phi) is 5.05. The molecule has 0 unspecified atom stereocenters. The molecule has 0 fully saturated rings. The van der Waals surface area contributed by atoms with Crippen LogP contribution in [0.3, 0.4) is 0 Å². The van der Waals surface area contributed by atoms with Crippen LogP contribution in [0.5, 0.6) is 0 Å². The van der Waals surface area contributed by atoms with Crippen molar-refractivity contribution in [2.75, 3.05) is 11.6 Å². The third-order valence-corrected chi connectivity index (χ3v) is 4.89. The molecule has 0 bridgehead atoms. The molecule has 2 aromatic rings. The highest BCUT2D eigenvalue weighted by molar-refractivity contribution is 6.33. The third kappa shape index (κ3) is 3.46. The maximum absolute atomic E-state index is 13.1. The smallest absolute Gasteiger partial charge is 0.247 e. The summed E-state index contributed by atoms with van der Waals surface area (Å²) < 4.78 is 0. The summed E-state index contributed by atoms with van der Waals surface area (Å²) in [5, 5.41) is 4.99. The van der Waals surface area contributed by atoms with Gasteiger partial charge in [0.15, 0.2) is 0 Å². The third-order valence-electron chi connectivity index (χ3n) is 4.32. The van der Waals surface area contributed by atoms with Crippen molar-refractivity contribution in [1.29, 1.82) is 0 Å². The lowest BCUT2D eigenvalue weighted by Gasteiger charge is -2.36. The lowest BCUT2D eigenvalue weighted by Crippen LogP contribution is -2.47. The molecule has 1 aliphatic heterocycles. The number of benzene rings is 2. The zero-order valence-electron chi connectivity index (χ0n) is 15.4. The summed E-state index contributed by atoms with van der Waals surface area (Å²) in [6, 6.07) is 15.2. The molecule has 0 N–H and O–H groups in total. The minimum Gasteiger partial charge on any atom is -0.272 e. The molecular weight excluding hydrogens is 367 g/mol. The molecule has 0 atom stereocenters. The van der Waals surface area contributed by atoms with Crippen molar-refractivity contribution < 1.29 is 4.79 Å². The van der Waals surface area contributed by atoms with Gasteiger partial charge >= 0.3 is 0 Å². The molecule has 0 aromatic heterocycles. The average Bonchev–Trinajstić information content (AvgIpc) is 2.91. The first kappa shape index (κ1) is 18.8. The number of nitrogens with zero attached hydrogens (tertiary/aromatic N) is 2. The van der Waals surface area contributed by atoms with Crippen LogP contribution in [0.4, 0.5) is 5.69 Å². The van der Waals surface area contributed by atoms with Gasteiger partial charge < -0.3 is 0 Å². The van der Waals surface area contributed by atoms with E-state index in [0.29, 0.717) is 16.6 Å². The van der Waals surface area contributed by atoms with E-state index >= 15 is 0 Å². The van der Waals surface area contributed by atoms with Crippen LogP contribution >= 0.6 is 23.2 Å². The summed E-state index contributed by atoms with van der Waals surface area (Å²) in [6.07, 6.45) is 0.